The predicted octanol–water partition coefficient (Wildman–Crippen LogP) is 5.07. The summed E-state index contributed by atoms with van der Waals surface area (Å²) in [4.78, 5) is 6.63. The average molecular weight is 414 g/mol. The van der Waals surface area contributed by atoms with Gasteiger partial charge in [-0.05, 0) is 40.2 Å². The van der Waals surface area contributed by atoms with Crippen LogP contribution in [0, 0.1) is 5.82 Å². The third kappa shape index (κ3) is 2.54. The topological polar surface area (TPSA) is 46.3 Å². The molecule has 0 aliphatic carbocycles. The molecule has 0 amide bonds. The molecule has 2 aromatic heterocycles. The highest BCUT2D eigenvalue weighted by molar-refractivity contribution is 9.10. The van der Waals surface area contributed by atoms with Crippen LogP contribution in [0.15, 0.2) is 46.9 Å². The van der Waals surface area contributed by atoms with Gasteiger partial charge in [0.05, 0.1) is 15.4 Å². The van der Waals surface area contributed by atoms with Crippen molar-refractivity contribution in [2.45, 2.75) is 19.8 Å². The molecule has 0 spiro atoms. The molecule has 2 heterocycles. The Labute approximate surface area is 158 Å². The monoisotopic (exact) mass is 413 g/mol. The number of hydrogen-bond acceptors (Lipinski definition) is 4. The number of halogens is 2. The van der Waals surface area contributed by atoms with E-state index >= 15 is 0 Å². The maximum Gasteiger partial charge on any atom is 0.257 e. The van der Waals surface area contributed by atoms with E-state index in [4.69, 9.17) is 4.98 Å². The molecule has 7 heteroatoms. The zero-order chi connectivity index (χ0) is 18.4. The van der Waals surface area contributed by atoms with Crippen LogP contribution in [0.3, 0.4) is 0 Å². The number of anilines is 2. The third-order valence-electron chi connectivity index (χ3n) is 4.39. The quantitative estimate of drug-likeness (QED) is 0.470. The van der Waals surface area contributed by atoms with Crippen LogP contribution in [0.2, 0.25) is 0 Å². The predicted molar refractivity (Wildman–Crippen MR) is 105 cm³/mol. The summed E-state index contributed by atoms with van der Waals surface area (Å²) in [6.07, 6.45) is 0. The maximum atomic E-state index is 14.3. The largest absolute Gasteiger partial charge is 0.329 e. The lowest BCUT2D eigenvalue weighted by molar-refractivity contribution is 0.623. The van der Waals surface area contributed by atoms with Crippen LogP contribution in [0.25, 0.3) is 16.7 Å². The van der Waals surface area contributed by atoms with Gasteiger partial charge < -0.3 is 4.90 Å². The summed E-state index contributed by atoms with van der Waals surface area (Å²) >= 11 is 3.41. The van der Waals surface area contributed by atoms with Crippen molar-refractivity contribution in [2.24, 2.45) is 0 Å². The molecule has 0 radical (unpaired) electrons. The molecule has 0 saturated heterocycles. The maximum absolute atomic E-state index is 14.3. The minimum Gasteiger partial charge on any atom is -0.329 e. The van der Waals surface area contributed by atoms with Gasteiger partial charge in [-0.3, -0.25) is 4.40 Å². The highest BCUT2D eigenvalue weighted by Crippen LogP contribution is 2.37. The molecule has 0 saturated carbocycles. The third-order valence-corrected chi connectivity index (χ3v) is 5.17. The fourth-order valence-corrected chi connectivity index (χ4v) is 3.58. The van der Waals surface area contributed by atoms with E-state index in [9.17, 15) is 4.39 Å². The van der Waals surface area contributed by atoms with Gasteiger partial charge >= 0.3 is 0 Å². The Morgan fingerprint density at radius 2 is 1.81 bits per heavy atom. The molecule has 0 atom stereocenters. The first kappa shape index (κ1) is 16.9. The molecule has 4 rings (SSSR count). The highest BCUT2D eigenvalue weighted by atomic mass is 79.9. The molecule has 0 aliphatic rings. The molecule has 132 valence electrons. The van der Waals surface area contributed by atoms with Crippen LogP contribution in [0.5, 0.6) is 0 Å². The Morgan fingerprint density at radius 3 is 2.50 bits per heavy atom. The van der Waals surface area contributed by atoms with Crippen molar-refractivity contribution in [1.82, 2.24) is 19.6 Å². The molecule has 5 nitrogen and oxygen atoms in total. The summed E-state index contributed by atoms with van der Waals surface area (Å²) in [5.41, 5.74) is 1.76. The molecule has 0 unspecified atom stereocenters. The summed E-state index contributed by atoms with van der Waals surface area (Å²) in [6, 6.07) is 13.0. The highest BCUT2D eigenvalue weighted by Gasteiger charge is 2.21. The molecule has 2 aromatic carbocycles. The van der Waals surface area contributed by atoms with Crippen molar-refractivity contribution >= 4 is 44.1 Å². The van der Waals surface area contributed by atoms with Crippen molar-refractivity contribution in [3.05, 3.63) is 58.6 Å². The van der Waals surface area contributed by atoms with Crippen LogP contribution < -0.4 is 4.90 Å². The van der Waals surface area contributed by atoms with E-state index in [2.05, 4.69) is 26.1 Å². The van der Waals surface area contributed by atoms with Crippen LogP contribution in [-0.2, 0) is 0 Å². The van der Waals surface area contributed by atoms with E-state index in [-0.39, 0.29) is 11.7 Å². The zero-order valence-corrected chi connectivity index (χ0v) is 16.2. The van der Waals surface area contributed by atoms with Gasteiger partial charge in [0, 0.05) is 18.7 Å². The normalized spacial score (nSPS) is 11.6. The van der Waals surface area contributed by atoms with Gasteiger partial charge in [0.2, 0.25) is 0 Å². The first-order chi connectivity index (χ1) is 12.5. The lowest BCUT2D eigenvalue weighted by Gasteiger charge is -2.21. The summed E-state index contributed by atoms with van der Waals surface area (Å²) in [5.74, 6) is 1.74. The molecule has 0 N–H and O–H groups in total. The van der Waals surface area contributed by atoms with Crippen LogP contribution in [-0.4, -0.2) is 26.6 Å². The first-order valence-corrected chi connectivity index (χ1v) is 9.10. The second-order valence-electron chi connectivity index (χ2n) is 6.43. The Kier molecular flexibility index (Phi) is 4.11. The minimum absolute atomic E-state index is 0.163. The number of rotatable bonds is 3. The lowest BCUT2D eigenvalue weighted by Crippen LogP contribution is -2.14. The number of fused-ring (bicyclic) bond motifs is 3. The molecular weight excluding hydrogens is 397 g/mol. The number of nitrogens with zero attached hydrogens (tertiary/aromatic N) is 5. The van der Waals surface area contributed by atoms with Gasteiger partial charge in [0.15, 0.2) is 0 Å². The van der Waals surface area contributed by atoms with Crippen LogP contribution in [0.4, 0.5) is 15.9 Å². The minimum atomic E-state index is -0.333. The molecular formula is C19H17BrFN5. The standard InChI is InChI=1S/C19H17BrFN5/c1-11(2)17-23-24-19-22-18(25(3)12-7-5-4-6-8-12)15-14(26(17)19)10-9-13(21)16(15)20/h4-11H,1-3H3. The van der Waals surface area contributed by atoms with Crippen molar-refractivity contribution in [3.63, 3.8) is 0 Å². The van der Waals surface area contributed by atoms with Gasteiger partial charge in [0.25, 0.3) is 5.78 Å². The van der Waals surface area contributed by atoms with Crippen molar-refractivity contribution in [1.29, 1.82) is 0 Å². The molecule has 0 fully saturated rings. The fraction of sp³-hybridized carbons (Fsp3) is 0.211. The SMILES string of the molecule is CC(C)c1nnc2nc(N(C)c3ccccc3)c3c(Br)c(F)ccc3n12. The molecule has 0 bridgehead atoms. The number of hydrogen-bond donors (Lipinski definition) is 0. The molecule has 26 heavy (non-hydrogen) atoms. The van der Waals surface area contributed by atoms with Crippen LogP contribution >= 0.6 is 15.9 Å². The summed E-state index contributed by atoms with van der Waals surface area (Å²) in [6.45, 7) is 4.09. The van der Waals surface area contributed by atoms with Crippen LogP contribution in [0.1, 0.15) is 25.6 Å². The van der Waals surface area contributed by atoms with Gasteiger partial charge in [-0.25, -0.2) is 4.39 Å². The smallest absolute Gasteiger partial charge is 0.257 e. The van der Waals surface area contributed by atoms with E-state index in [0.717, 1.165) is 17.0 Å². The number of benzene rings is 2. The zero-order valence-electron chi connectivity index (χ0n) is 14.6. The summed E-state index contributed by atoms with van der Waals surface area (Å²) in [7, 11) is 1.91. The van der Waals surface area contributed by atoms with E-state index < -0.39 is 0 Å². The number of aromatic nitrogens is 4. The fourth-order valence-electron chi connectivity index (χ4n) is 3.07. The van der Waals surface area contributed by atoms with Crippen molar-refractivity contribution in [3.8, 4) is 0 Å². The van der Waals surface area contributed by atoms with E-state index in [1.807, 2.05) is 60.5 Å². The van der Waals surface area contributed by atoms with Crippen molar-refractivity contribution < 1.29 is 4.39 Å². The second kappa shape index (κ2) is 6.32. The van der Waals surface area contributed by atoms with E-state index in [1.165, 1.54) is 6.07 Å². The molecule has 4 aromatic rings. The van der Waals surface area contributed by atoms with E-state index in [1.54, 1.807) is 6.07 Å². The van der Waals surface area contributed by atoms with Crippen molar-refractivity contribution in [2.75, 3.05) is 11.9 Å². The Bertz CT molecular complexity index is 1110. The lowest BCUT2D eigenvalue weighted by atomic mass is 10.1. The molecule has 0 aliphatic heterocycles. The van der Waals surface area contributed by atoms with E-state index in [0.29, 0.717) is 21.5 Å². The Morgan fingerprint density at radius 1 is 1.08 bits per heavy atom. The number of para-hydroxylation sites is 1. The van der Waals surface area contributed by atoms with Gasteiger partial charge in [-0.2, -0.15) is 4.98 Å². The van der Waals surface area contributed by atoms with Gasteiger partial charge in [-0.1, -0.05) is 32.0 Å². The second-order valence-corrected chi connectivity index (χ2v) is 7.23. The first-order valence-electron chi connectivity index (χ1n) is 8.30. The van der Waals surface area contributed by atoms with Gasteiger partial charge in [0.1, 0.15) is 17.5 Å². The Balaban J connectivity index is 2.11. The summed E-state index contributed by atoms with van der Waals surface area (Å²) in [5, 5.41) is 9.22. The van der Waals surface area contributed by atoms with Gasteiger partial charge in [-0.15, -0.1) is 10.2 Å². The Hall–Kier alpha value is -2.54. The average Bonchev–Trinajstić information content (AvgIpc) is 3.08. The summed E-state index contributed by atoms with van der Waals surface area (Å²) < 4.78 is 16.6.